The summed E-state index contributed by atoms with van der Waals surface area (Å²) in [5, 5.41) is 25.2. The Morgan fingerprint density at radius 1 is 1.25 bits per heavy atom. The maximum absolute atomic E-state index is 13.1. The van der Waals surface area contributed by atoms with Gasteiger partial charge in [0, 0.05) is 18.5 Å². The van der Waals surface area contributed by atoms with Crippen LogP contribution in [0.25, 0.3) is 10.8 Å². The van der Waals surface area contributed by atoms with E-state index in [4.69, 9.17) is 0 Å². The van der Waals surface area contributed by atoms with Crippen molar-refractivity contribution in [3.63, 3.8) is 0 Å². The second-order valence-electron chi connectivity index (χ2n) is 8.07. The smallest absolute Gasteiger partial charge is 0.258 e. The van der Waals surface area contributed by atoms with E-state index in [2.05, 4.69) is 5.32 Å². The summed E-state index contributed by atoms with van der Waals surface area (Å²) < 4.78 is 0. The van der Waals surface area contributed by atoms with Gasteiger partial charge in [0.05, 0.1) is 11.2 Å². The van der Waals surface area contributed by atoms with Gasteiger partial charge in [-0.25, -0.2) is 0 Å². The van der Waals surface area contributed by atoms with Gasteiger partial charge in [0.25, 0.3) is 5.91 Å². The number of carbonyl (C=O) groups is 2. The molecule has 2 aromatic rings. The molecule has 2 amide bonds. The molecule has 0 spiro atoms. The summed E-state index contributed by atoms with van der Waals surface area (Å²) in [4.78, 5) is 27.3. The molecule has 2 aromatic carbocycles. The SMILES string of the molecule is CC(C)C(C)(O)CNC(=O)C1CCCN1C(=O)c1ccc2ccccc2c1O. The summed E-state index contributed by atoms with van der Waals surface area (Å²) in [6.07, 6.45) is 1.29. The highest BCUT2D eigenvalue weighted by molar-refractivity contribution is 6.05. The second kappa shape index (κ2) is 7.80. The van der Waals surface area contributed by atoms with Gasteiger partial charge in [-0.3, -0.25) is 9.59 Å². The van der Waals surface area contributed by atoms with Crippen molar-refractivity contribution in [3.8, 4) is 5.75 Å². The van der Waals surface area contributed by atoms with Crippen molar-refractivity contribution in [2.45, 2.75) is 45.3 Å². The molecule has 6 nitrogen and oxygen atoms in total. The first-order valence-corrected chi connectivity index (χ1v) is 9.74. The number of carbonyl (C=O) groups excluding carboxylic acids is 2. The van der Waals surface area contributed by atoms with Crippen molar-refractivity contribution >= 4 is 22.6 Å². The molecule has 3 rings (SSSR count). The van der Waals surface area contributed by atoms with E-state index in [1.807, 2.05) is 32.0 Å². The topological polar surface area (TPSA) is 89.9 Å². The van der Waals surface area contributed by atoms with E-state index < -0.39 is 11.6 Å². The Morgan fingerprint density at radius 3 is 2.68 bits per heavy atom. The molecule has 0 aromatic heterocycles. The standard InChI is InChI=1S/C22H28N2O4/c1-14(2)22(3,28)13-23-20(26)18-9-6-12-24(18)21(27)17-11-10-15-7-4-5-8-16(15)19(17)25/h4-5,7-8,10-11,14,18,25,28H,6,9,12-13H2,1-3H3,(H,23,26). The first kappa shape index (κ1) is 20.1. The van der Waals surface area contributed by atoms with Gasteiger partial charge in [0.1, 0.15) is 11.8 Å². The molecular weight excluding hydrogens is 356 g/mol. The Kier molecular flexibility index (Phi) is 5.61. The van der Waals surface area contributed by atoms with Crippen molar-refractivity contribution < 1.29 is 19.8 Å². The number of benzene rings is 2. The van der Waals surface area contributed by atoms with Gasteiger partial charge < -0.3 is 20.4 Å². The molecule has 0 bridgehead atoms. The van der Waals surface area contributed by atoms with Crippen LogP contribution >= 0.6 is 0 Å². The van der Waals surface area contributed by atoms with Gasteiger partial charge >= 0.3 is 0 Å². The number of nitrogens with one attached hydrogen (secondary N) is 1. The monoisotopic (exact) mass is 384 g/mol. The fourth-order valence-electron chi connectivity index (χ4n) is 3.45. The van der Waals surface area contributed by atoms with Crippen LogP contribution in [0.15, 0.2) is 36.4 Å². The van der Waals surface area contributed by atoms with E-state index in [-0.39, 0.29) is 35.6 Å². The van der Waals surface area contributed by atoms with Crippen LogP contribution in [0.4, 0.5) is 0 Å². The number of phenols is 1. The highest BCUT2D eigenvalue weighted by Crippen LogP contribution is 2.31. The third-order valence-corrected chi connectivity index (χ3v) is 5.81. The summed E-state index contributed by atoms with van der Waals surface area (Å²) in [5.74, 6) is -0.691. The van der Waals surface area contributed by atoms with E-state index in [1.54, 1.807) is 25.1 Å². The zero-order valence-corrected chi connectivity index (χ0v) is 16.6. The van der Waals surface area contributed by atoms with E-state index in [1.165, 1.54) is 4.90 Å². The van der Waals surface area contributed by atoms with Crippen LogP contribution in [0.2, 0.25) is 0 Å². The van der Waals surface area contributed by atoms with E-state index in [9.17, 15) is 19.8 Å². The summed E-state index contributed by atoms with van der Waals surface area (Å²) in [6.45, 7) is 6.05. The molecule has 1 aliphatic rings. The summed E-state index contributed by atoms with van der Waals surface area (Å²) >= 11 is 0. The minimum absolute atomic E-state index is 0.0105. The van der Waals surface area contributed by atoms with E-state index in [0.29, 0.717) is 18.4 Å². The Bertz CT molecular complexity index is 891. The molecule has 2 atom stereocenters. The molecular formula is C22H28N2O4. The largest absolute Gasteiger partial charge is 0.506 e. The van der Waals surface area contributed by atoms with Gasteiger partial charge in [0.2, 0.25) is 5.91 Å². The van der Waals surface area contributed by atoms with Gasteiger partial charge in [-0.15, -0.1) is 0 Å². The Labute approximate surface area is 165 Å². The lowest BCUT2D eigenvalue weighted by Gasteiger charge is -2.30. The summed E-state index contributed by atoms with van der Waals surface area (Å²) in [5.41, 5.74) is -0.813. The minimum Gasteiger partial charge on any atom is -0.506 e. The van der Waals surface area contributed by atoms with Crippen LogP contribution in [-0.2, 0) is 4.79 Å². The third kappa shape index (κ3) is 3.83. The lowest BCUT2D eigenvalue weighted by Crippen LogP contribution is -2.51. The Balaban J connectivity index is 1.78. The Morgan fingerprint density at radius 2 is 1.96 bits per heavy atom. The highest BCUT2D eigenvalue weighted by Gasteiger charge is 2.36. The molecule has 3 N–H and O–H groups in total. The van der Waals surface area contributed by atoms with Crippen molar-refractivity contribution in [1.29, 1.82) is 0 Å². The zero-order chi connectivity index (χ0) is 20.5. The number of hydrogen-bond donors (Lipinski definition) is 3. The molecule has 28 heavy (non-hydrogen) atoms. The van der Waals surface area contributed by atoms with Crippen LogP contribution < -0.4 is 5.32 Å². The molecule has 1 heterocycles. The van der Waals surface area contributed by atoms with Gasteiger partial charge in [0.15, 0.2) is 0 Å². The van der Waals surface area contributed by atoms with Crippen molar-refractivity contribution in [2.24, 2.45) is 5.92 Å². The molecule has 150 valence electrons. The van der Waals surface area contributed by atoms with Gasteiger partial charge in [-0.1, -0.05) is 44.2 Å². The first-order valence-electron chi connectivity index (χ1n) is 9.74. The number of likely N-dealkylation sites (tertiary alicyclic amines) is 1. The number of rotatable bonds is 5. The number of amides is 2. The molecule has 1 aliphatic heterocycles. The molecule has 0 radical (unpaired) electrons. The fourth-order valence-corrected chi connectivity index (χ4v) is 3.45. The zero-order valence-electron chi connectivity index (χ0n) is 16.6. The van der Waals surface area contributed by atoms with E-state index >= 15 is 0 Å². The number of aromatic hydroxyl groups is 1. The van der Waals surface area contributed by atoms with Crippen molar-refractivity contribution in [3.05, 3.63) is 42.0 Å². The molecule has 1 saturated heterocycles. The predicted octanol–water partition coefficient (Wildman–Crippen LogP) is 2.67. The highest BCUT2D eigenvalue weighted by atomic mass is 16.3. The third-order valence-electron chi connectivity index (χ3n) is 5.81. The molecule has 0 saturated carbocycles. The van der Waals surface area contributed by atoms with Crippen LogP contribution in [-0.4, -0.2) is 51.7 Å². The quantitative estimate of drug-likeness (QED) is 0.739. The van der Waals surface area contributed by atoms with Crippen LogP contribution in [0.3, 0.4) is 0 Å². The lowest BCUT2D eigenvalue weighted by atomic mass is 9.92. The number of phenolic OH excluding ortho intramolecular Hbond substituents is 1. The predicted molar refractivity (Wildman–Crippen MR) is 108 cm³/mol. The minimum atomic E-state index is -1.01. The van der Waals surface area contributed by atoms with Gasteiger partial charge in [-0.2, -0.15) is 0 Å². The van der Waals surface area contributed by atoms with Crippen LogP contribution in [0.1, 0.15) is 44.0 Å². The molecule has 1 fully saturated rings. The van der Waals surface area contributed by atoms with Crippen LogP contribution in [0.5, 0.6) is 5.75 Å². The maximum atomic E-state index is 13.1. The number of hydrogen-bond acceptors (Lipinski definition) is 4. The average Bonchev–Trinajstić information content (AvgIpc) is 3.16. The normalized spacial score (nSPS) is 19.0. The maximum Gasteiger partial charge on any atom is 0.258 e. The summed E-state index contributed by atoms with van der Waals surface area (Å²) in [6, 6.07) is 10.1. The van der Waals surface area contributed by atoms with Crippen molar-refractivity contribution in [1.82, 2.24) is 10.2 Å². The molecule has 0 aliphatic carbocycles. The fraction of sp³-hybridized carbons (Fsp3) is 0.455. The van der Waals surface area contributed by atoms with Crippen LogP contribution in [0, 0.1) is 5.92 Å². The van der Waals surface area contributed by atoms with Gasteiger partial charge in [-0.05, 0) is 37.1 Å². The first-order chi connectivity index (χ1) is 13.2. The van der Waals surface area contributed by atoms with E-state index in [0.717, 1.165) is 11.8 Å². The Hall–Kier alpha value is -2.60. The lowest BCUT2D eigenvalue weighted by molar-refractivity contribution is -0.126. The average molecular weight is 384 g/mol. The van der Waals surface area contributed by atoms with Crippen molar-refractivity contribution in [2.75, 3.05) is 13.1 Å². The number of aliphatic hydroxyl groups is 1. The number of fused-ring (bicyclic) bond motifs is 1. The molecule has 6 heteroatoms. The number of nitrogens with zero attached hydrogens (tertiary/aromatic N) is 1. The second-order valence-corrected chi connectivity index (χ2v) is 8.07. The summed E-state index contributed by atoms with van der Waals surface area (Å²) in [7, 11) is 0. The molecule has 2 unspecified atom stereocenters.